The lowest BCUT2D eigenvalue weighted by Gasteiger charge is -2.07. The van der Waals surface area contributed by atoms with Crippen LogP contribution in [0.3, 0.4) is 0 Å². The van der Waals surface area contributed by atoms with Gasteiger partial charge in [-0.05, 0) is 58.4 Å². The third kappa shape index (κ3) is 4.95. The van der Waals surface area contributed by atoms with Crippen LogP contribution < -0.4 is 15.6 Å². The van der Waals surface area contributed by atoms with E-state index in [1.165, 1.54) is 18.2 Å². The fourth-order valence-electron chi connectivity index (χ4n) is 2.16. The number of hydrogen-bond acceptors (Lipinski definition) is 4. The number of halogens is 2. The molecule has 27 heavy (non-hydrogen) atoms. The Morgan fingerprint density at radius 3 is 2.52 bits per heavy atom. The Hall–Kier alpha value is -3.13. The number of amides is 2. The number of hydrogen-bond donors (Lipinski definition) is 2. The van der Waals surface area contributed by atoms with Crippen LogP contribution in [0.5, 0.6) is 5.75 Å². The van der Waals surface area contributed by atoms with Gasteiger partial charge in [0.25, 0.3) is 5.91 Å². The van der Waals surface area contributed by atoms with Crippen molar-refractivity contribution in [2.75, 3.05) is 0 Å². The maximum atomic E-state index is 13.3. The highest BCUT2D eigenvalue weighted by Crippen LogP contribution is 2.17. The molecule has 0 unspecified atom stereocenters. The molecule has 3 aromatic rings. The summed E-state index contributed by atoms with van der Waals surface area (Å²) in [5.41, 5.74) is 4.47. The molecule has 1 aromatic heterocycles. The first kappa shape index (κ1) is 18.7. The van der Waals surface area contributed by atoms with Crippen molar-refractivity contribution in [1.29, 1.82) is 0 Å². The molecule has 0 radical (unpaired) electrons. The lowest BCUT2D eigenvalue weighted by molar-refractivity contribution is 0.0828. The Kier molecular flexibility index (Phi) is 5.87. The second-order valence-electron chi connectivity index (χ2n) is 5.40. The van der Waals surface area contributed by atoms with Crippen LogP contribution in [0.15, 0.2) is 69.6 Å². The molecule has 138 valence electrons. The fourth-order valence-corrected chi connectivity index (χ4v) is 2.59. The molecule has 6 nitrogen and oxygen atoms in total. The molecule has 0 aliphatic carbocycles. The van der Waals surface area contributed by atoms with Gasteiger partial charge in [-0.25, -0.2) is 4.39 Å². The molecule has 2 aromatic carbocycles. The van der Waals surface area contributed by atoms with Crippen LogP contribution in [0.1, 0.15) is 26.7 Å². The predicted octanol–water partition coefficient (Wildman–Crippen LogP) is 3.84. The fraction of sp³-hybridized carbons (Fsp3) is 0.0526. The Labute approximate surface area is 162 Å². The van der Waals surface area contributed by atoms with Gasteiger partial charge in [-0.3, -0.25) is 20.4 Å². The quantitative estimate of drug-likeness (QED) is 0.600. The van der Waals surface area contributed by atoms with E-state index in [-0.39, 0.29) is 17.9 Å². The zero-order chi connectivity index (χ0) is 19.2. The van der Waals surface area contributed by atoms with Crippen molar-refractivity contribution < 1.29 is 23.1 Å². The van der Waals surface area contributed by atoms with Crippen molar-refractivity contribution in [1.82, 2.24) is 10.9 Å². The lowest BCUT2D eigenvalue weighted by atomic mass is 10.2. The molecule has 1 heterocycles. The van der Waals surface area contributed by atoms with E-state index >= 15 is 0 Å². The Bertz CT molecular complexity index is 959. The number of nitrogens with one attached hydrogen (secondary N) is 2. The van der Waals surface area contributed by atoms with E-state index in [0.717, 1.165) is 6.07 Å². The van der Waals surface area contributed by atoms with Crippen LogP contribution >= 0.6 is 15.9 Å². The predicted molar refractivity (Wildman–Crippen MR) is 98.5 cm³/mol. The minimum Gasteiger partial charge on any atom is -0.486 e. The van der Waals surface area contributed by atoms with E-state index in [9.17, 15) is 14.0 Å². The highest BCUT2D eigenvalue weighted by molar-refractivity contribution is 9.10. The number of hydrazine groups is 1. The topological polar surface area (TPSA) is 80.6 Å². The average Bonchev–Trinajstić information content (AvgIpc) is 3.16. The summed E-state index contributed by atoms with van der Waals surface area (Å²) in [6, 6.07) is 15.9. The number of para-hydroxylation sites is 1. The summed E-state index contributed by atoms with van der Waals surface area (Å²) >= 11 is 3.15. The van der Waals surface area contributed by atoms with Crippen LogP contribution in [-0.4, -0.2) is 11.8 Å². The zero-order valence-corrected chi connectivity index (χ0v) is 15.5. The van der Waals surface area contributed by atoms with E-state index < -0.39 is 17.6 Å². The smallest absolute Gasteiger partial charge is 0.305 e. The summed E-state index contributed by atoms with van der Waals surface area (Å²) < 4.78 is 24.6. The van der Waals surface area contributed by atoms with Crippen molar-refractivity contribution in [2.45, 2.75) is 6.61 Å². The van der Waals surface area contributed by atoms with Crippen molar-refractivity contribution >= 4 is 27.7 Å². The number of carbonyl (C=O) groups is 2. The standard InChI is InChI=1S/C19H14BrFN2O4/c20-16-8-6-12(21)10-15(16)18(24)22-23-19(25)17-9-7-14(27-17)11-26-13-4-2-1-3-5-13/h1-10H,11H2,(H,22,24)(H,23,25). The summed E-state index contributed by atoms with van der Waals surface area (Å²) in [6.45, 7) is 0.153. The molecule has 3 rings (SSSR count). The van der Waals surface area contributed by atoms with E-state index in [4.69, 9.17) is 9.15 Å². The minimum absolute atomic E-state index is 0.000250. The second kappa shape index (κ2) is 8.50. The lowest BCUT2D eigenvalue weighted by Crippen LogP contribution is -2.41. The first-order chi connectivity index (χ1) is 13.0. The van der Waals surface area contributed by atoms with Gasteiger partial charge >= 0.3 is 5.91 Å². The van der Waals surface area contributed by atoms with Crippen LogP contribution in [0.25, 0.3) is 0 Å². The molecule has 0 bridgehead atoms. The Morgan fingerprint density at radius 1 is 1.00 bits per heavy atom. The SMILES string of the molecule is O=C(NNC(=O)c1cc(F)ccc1Br)c1ccc(COc2ccccc2)o1. The van der Waals surface area contributed by atoms with E-state index in [0.29, 0.717) is 16.0 Å². The summed E-state index contributed by atoms with van der Waals surface area (Å²) in [5, 5.41) is 0. The minimum atomic E-state index is -0.672. The van der Waals surface area contributed by atoms with Gasteiger partial charge in [0.1, 0.15) is 23.9 Å². The number of benzene rings is 2. The third-order valence-corrected chi connectivity index (χ3v) is 4.16. The van der Waals surface area contributed by atoms with Gasteiger partial charge in [-0.2, -0.15) is 0 Å². The first-order valence-corrected chi connectivity index (χ1v) is 8.64. The molecular weight excluding hydrogens is 419 g/mol. The van der Waals surface area contributed by atoms with Gasteiger partial charge in [0.2, 0.25) is 0 Å². The zero-order valence-electron chi connectivity index (χ0n) is 13.9. The van der Waals surface area contributed by atoms with Gasteiger partial charge in [-0.15, -0.1) is 0 Å². The monoisotopic (exact) mass is 432 g/mol. The molecule has 0 aliphatic heterocycles. The van der Waals surface area contributed by atoms with Gasteiger partial charge in [0.15, 0.2) is 5.76 Å². The Balaban J connectivity index is 1.55. The van der Waals surface area contributed by atoms with E-state index in [2.05, 4.69) is 26.8 Å². The molecule has 0 fully saturated rings. The number of rotatable bonds is 5. The third-order valence-electron chi connectivity index (χ3n) is 3.47. The van der Waals surface area contributed by atoms with Crippen molar-refractivity contribution in [3.8, 4) is 5.75 Å². The normalized spacial score (nSPS) is 10.3. The summed E-state index contributed by atoms with van der Waals surface area (Å²) in [6.07, 6.45) is 0. The highest BCUT2D eigenvalue weighted by Gasteiger charge is 2.15. The van der Waals surface area contributed by atoms with Crippen LogP contribution in [0.2, 0.25) is 0 Å². The van der Waals surface area contributed by atoms with Crippen LogP contribution in [0, 0.1) is 5.82 Å². The molecule has 0 spiro atoms. The molecule has 8 heteroatoms. The molecule has 0 saturated heterocycles. The molecular formula is C19H14BrFN2O4. The summed E-state index contributed by atoms with van der Waals surface area (Å²) in [7, 11) is 0. The summed E-state index contributed by atoms with van der Waals surface area (Å²) in [5.74, 6) is -0.768. The van der Waals surface area contributed by atoms with Gasteiger partial charge in [0.05, 0.1) is 5.56 Å². The number of carbonyl (C=O) groups excluding carboxylic acids is 2. The van der Waals surface area contributed by atoms with Crippen molar-refractivity contribution in [2.24, 2.45) is 0 Å². The molecule has 2 N–H and O–H groups in total. The van der Waals surface area contributed by atoms with E-state index in [1.54, 1.807) is 18.2 Å². The maximum Gasteiger partial charge on any atom is 0.305 e. The van der Waals surface area contributed by atoms with Gasteiger partial charge in [0, 0.05) is 4.47 Å². The molecule has 0 atom stereocenters. The number of furan rings is 1. The highest BCUT2D eigenvalue weighted by atomic mass is 79.9. The summed E-state index contributed by atoms with van der Waals surface area (Å²) in [4.78, 5) is 24.1. The number of ether oxygens (including phenoxy) is 1. The maximum absolute atomic E-state index is 13.3. The first-order valence-electron chi connectivity index (χ1n) is 7.85. The van der Waals surface area contributed by atoms with Crippen LogP contribution in [-0.2, 0) is 6.61 Å². The van der Waals surface area contributed by atoms with Crippen molar-refractivity contribution in [3.63, 3.8) is 0 Å². The second-order valence-corrected chi connectivity index (χ2v) is 6.25. The van der Waals surface area contributed by atoms with Crippen LogP contribution in [0.4, 0.5) is 4.39 Å². The van der Waals surface area contributed by atoms with Crippen molar-refractivity contribution in [3.05, 3.63) is 88.0 Å². The average molecular weight is 433 g/mol. The van der Waals surface area contributed by atoms with Gasteiger partial charge < -0.3 is 9.15 Å². The van der Waals surface area contributed by atoms with E-state index in [1.807, 2.05) is 18.2 Å². The molecule has 2 amide bonds. The molecule has 0 aliphatic rings. The largest absolute Gasteiger partial charge is 0.486 e. The molecule has 0 saturated carbocycles. The Morgan fingerprint density at radius 2 is 1.74 bits per heavy atom. The van der Waals surface area contributed by atoms with Gasteiger partial charge in [-0.1, -0.05) is 18.2 Å².